The van der Waals surface area contributed by atoms with Crippen molar-refractivity contribution >= 4 is 0 Å². The lowest BCUT2D eigenvalue weighted by Gasteiger charge is -2.29. The van der Waals surface area contributed by atoms with Crippen molar-refractivity contribution in [3.05, 3.63) is 107 Å². The first kappa shape index (κ1) is 35.2. The van der Waals surface area contributed by atoms with Gasteiger partial charge < -0.3 is 9.47 Å². The molecule has 0 spiro atoms. The van der Waals surface area contributed by atoms with E-state index in [1.165, 1.54) is 43.9 Å². The Morgan fingerprint density at radius 3 is 1.83 bits per heavy atom. The number of ether oxygens (including phenoxy) is 2. The van der Waals surface area contributed by atoms with Crippen LogP contribution in [0.15, 0.2) is 72.8 Å². The molecular weight excluding hydrogens is 647 g/mol. The molecule has 256 valence electrons. The summed E-state index contributed by atoms with van der Waals surface area (Å²) in [6.45, 7) is 2.19. The molecule has 2 nitrogen and oxygen atoms in total. The van der Waals surface area contributed by atoms with Crippen molar-refractivity contribution in [3.63, 3.8) is 0 Å². The highest BCUT2D eigenvalue weighted by molar-refractivity contribution is 5.72. The van der Waals surface area contributed by atoms with Crippen LogP contribution in [-0.2, 0) is 6.11 Å². The smallest absolute Gasteiger partial charge is 0.429 e. The molecule has 11 heteroatoms. The molecule has 0 N–H and O–H groups in total. The molecule has 0 amide bonds. The van der Waals surface area contributed by atoms with E-state index in [0.717, 1.165) is 49.3 Å². The third-order valence-corrected chi connectivity index (χ3v) is 8.78. The predicted molar refractivity (Wildman–Crippen MR) is 164 cm³/mol. The maximum Gasteiger partial charge on any atom is 0.573 e. The molecule has 0 radical (unpaired) electrons. The third-order valence-electron chi connectivity index (χ3n) is 8.78. The van der Waals surface area contributed by atoms with Crippen molar-refractivity contribution in [2.24, 2.45) is 5.92 Å². The van der Waals surface area contributed by atoms with Gasteiger partial charge >= 0.3 is 12.5 Å². The van der Waals surface area contributed by atoms with Gasteiger partial charge in [0, 0.05) is 17.2 Å². The fourth-order valence-corrected chi connectivity index (χ4v) is 6.28. The first-order valence-electron chi connectivity index (χ1n) is 15.8. The number of alkyl halides is 5. The van der Waals surface area contributed by atoms with E-state index in [2.05, 4.69) is 16.4 Å². The fraction of sp³-hybridized carbons (Fsp3) is 0.351. The van der Waals surface area contributed by atoms with Crippen LogP contribution in [0.5, 0.6) is 11.5 Å². The maximum atomic E-state index is 15.3. The Morgan fingerprint density at radius 1 is 0.625 bits per heavy atom. The average molecular weight is 681 g/mol. The molecule has 0 aromatic heterocycles. The van der Waals surface area contributed by atoms with Gasteiger partial charge in [-0.05, 0) is 90.6 Å². The Bertz CT molecular complexity index is 1730. The molecule has 0 unspecified atom stereocenters. The molecule has 4 aromatic rings. The van der Waals surface area contributed by atoms with Gasteiger partial charge in [-0.1, -0.05) is 62.9 Å². The average Bonchev–Trinajstić information content (AvgIpc) is 3.02. The lowest BCUT2D eigenvalue weighted by atomic mass is 9.77. The SMILES string of the molecule is CCCCCC1CCC(c2ccc(-c3ccc(-c4ccc(C(F)(F)Oc5ccc(OC(F)(F)F)c(F)c5)c(F)c4)c(F)c3)c(F)c2)CC1. The minimum atomic E-state index is -5.22. The van der Waals surface area contributed by atoms with E-state index in [9.17, 15) is 30.7 Å². The zero-order valence-corrected chi connectivity index (χ0v) is 26.0. The van der Waals surface area contributed by atoms with E-state index in [0.29, 0.717) is 24.3 Å². The summed E-state index contributed by atoms with van der Waals surface area (Å²) in [5.41, 5.74) is -0.179. The highest BCUT2D eigenvalue weighted by Gasteiger charge is 2.38. The van der Waals surface area contributed by atoms with Crippen molar-refractivity contribution in [1.29, 1.82) is 0 Å². The molecule has 0 bridgehead atoms. The summed E-state index contributed by atoms with van der Waals surface area (Å²) >= 11 is 0. The molecule has 1 aliphatic carbocycles. The number of hydrogen-bond donors (Lipinski definition) is 0. The summed E-state index contributed by atoms with van der Waals surface area (Å²) in [7, 11) is 0. The van der Waals surface area contributed by atoms with Gasteiger partial charge in [-0.15, -0.1) is 13.2 Å². The summed E-state index contributed by atoms with van der Waals surface area (Å²) in [6, 6.07) is 12.4. The van der Waals surface area contributed by atoms with Crippen LogP contribution in [0.1, 0.15) is 75.3 Å². The second-order valence-electron chi connectivity index (χ2n) is 12.1. The number of unbranched alkanes of at least 4 members (excludes halogenated alkanes) is 2. The van der Waals surface area contributed by atoms with Crippen LogP contribution in [0.4, 0.5) is 39.5 Å². The summed E-state index contributed by atoms with van der Waals surface area (Å²) < 4.78 is 134. The van der Waals surface area contributed by atoms with Crippen molar-refractivity contribution in [2.75, 3.05) is 0 Å². The number of halogens is 9. The largest absolute Gasteiger partial charge is 0.573 e. The minimum absolute atomic E-state index is 0.100. The molecule has 4 aromatic carbocycles. The van der Waals surface area contributed by atoms with Crippen molar-refractivity contribution in [3.8, 4) is 33.8 Å². The molecule has 0 aliphatic heterocycles. The van der Waals surface area contributed by atoms with Gasteiger partial charge in [0.25, 0.3) is 0 Å². The molecule has 1 aliphatic rings. The standard InChI is InChI=1S/C37H33F9O2/c1-2-3-4-5-22-6-8-23(9-7-22)24-10-14-28(31(38)18-24)25-11-15-29(32(39)19-25)26-12-16-30(33(40)20-26)36(42,43)47-27-13-17-35(34(41)21-27)48-37(44,45)46/h10-23H,2-9H2,1H3. The zero-order chi connectivity index (χ0) is 34.6. The summed E-state index contributed by atoms with van der Waals surface area (Å²) in [5.74, 6) is -5.65. The lowest BCUT2D eigenvalue weighted by Crippen LogP contribution is -2.23. The molecular formula is C37H33F9O2. The topological polar surface area (TPSA) is 18.5 Å². The second kappa shape index (κ2) is 14.5. The van der Waals surface area contributed by atoms with Crippen molar-refractivity contribution in [2.45, 2.75) is 76.7 Å². The van der Waals surface area contributed by atoms with Crippen molar-refractivity contribution in [1.82, 2.24) is 0 Å². The van der Waals surface area contributed by atoms with Crippen LogP contribution in [-0.4, -0.2) is 6.36 Å². The highest BCUT2D eigenvalue weighted by Crippen LogP contribution is 2.40. The second-order valence-corrected chi connectivity index (χ2v) is 12.1. The van der Waals surface area contributed by atoms with E-state index >= 15 is 8.78 Å². The zero-order valence-electron chi connectivity index (χ0n) is 26.0. The fourth-order valence-electron chi connectivity index (χ4n) is 6.28. The Morgan fingerprint density at radius 2 is 1.25 bits per heavy atom. The Labute approximate surface area is 272 Å². The lowest BCUT2D eigenvalue weighted by molar-refractivity contribution is -0.275. The number of benzene rings is 4. The molecule has 0 heterocycles. The van der Waals surface area contributed by atoms with Gasteiger partial charge in [0.15, 0.2) is 11.6 Å². The van der Waals surface area contributed by atoms with Gasteiger partial charge in [0.2, 0.25) is 0 Å². The Hall–Kier alpha value is -4.15. The molecule has 1 saturated carbocycles. The predicted octanol–water partition coefficient (Wildman–Crippen LogP) is 12.5. The number of rotatable bonds is 11. The number of hydrogen-bond acceptors (Lipinski definition) is 2. The van der Waals surface area contributed by atoms with Crippen molar-refractivity contribution < 1.29 is 49.0 Å². The van der Waals surface area contributed by atoms with Crippen LogP contribution >= 0.6 is 0 Å². The molecule has 0 saturated heterocycles. The maximum absolute atomic E-state index is 15.3. The first-order chi connectivity index (χ1) is 22.7. The normalized spacial score (nSPS) is 17.0. The van der Waals surface area contributed by atoms with Gasteiger partial charge in [-0.25, -0.2) is 17.6 Å². The third kappa shape index (κ3) is 8.46. The monoisotopic (exact) mass is 680 g/mol. The van der Waals surface area contributed by atoms with Gasteiger partial charge in [-0.2, -0.15) is 8.78 Å². The molecule has 48 heavy (non-hydrogen) atoms. The van der Waals surface area contributed by atoms with Gasteiger partial charge in [-0.3, -0.25) is 0 Å². The van der Waals surface area contributed by atoms with E-state index in [1.54, 1.807) is 6.07 Å². The van der Waals surface area contributed by atoms with Gasteiger partial charge in [0.05, 0.1) is 5.56 Å². The van der Waals surface area contributed by atoms with E-state index < -0.39 is 52.8 Å². The van der Waals surface area contributed by atoms with E-state index in [1.807, 2.05) is 6.07 Å². The van der Waals surface area contributed by atoms with Crippen LogP contribution in [0.3, 0.4) is 0 Å². The van der Waals surface area contributed by atoms with Crippen LogP contribution in [0.25, 0.3) is 22.3 Å². The minimum Gasteiger partial charge on any atom is -0.429 e. The first-order valence-corrected chi connectivity index (χ1v) is 15.8. The quantitative estimate of drug-likeness (QED) is 0.116. The molecule has 0 atom stereocenters. The molecule has 5 rings (SSSR count). The Balaban J connectivity index is 1.27. The highest BCUT2D eigenvalue weighted by atomic mass is 19.4. The van der Waals surface area contributed by atoms with Gasteiger partial charge in [0.1, 0.15) is 23.2 Å². The summed E-state index contributed by atoms with van der Waals surface area (Å²) in [6.07, 6.45) is -0.452. The van der Waals surface area contributed by atoms with Crippen LogP contribution < -0.4 is 9.47 Å². The van der Waals surface area contributed by atoms with E-state index in [4.69, 9.17) is 0 Å². The summed E-state index contributed by atoms with van der Waals surface area (Å²) in [4.78, 5) is 0. The van der Waals surface area contributed by atoms with Crippen LogP contribution in [0, 0.1) is 29.2 Å². The van der Waals surface area contributed by atoms with Crippen LogP contribution in [0.2, 0.25) is 0 Å². The van der Waals surface area contributed by atoms with E-state index in [-0.39, 0.29) is 34.2 Å². The summed E-state index contributed by atoms with van der Waals surface area (Å²) in [5, 5.41) is 0. The molecule has 1 fully saturated rings. The Kier molecular flexibility index (Phi) is 10.7.